The van der Waals surface area contributed by atoms with E-state index in [0.29, 0.717) is 6.54 Å². The lowest BCUT2D eigenvalue weighted by molar-refractivity contribution is -0.121. The number of hydrogen-bond acceptors (Lipinski definition) is 2. The number of rotatable bonds is 3. The first-order valence-electron chi connectivity index (χ1n) is 5.33. The van der Waals surface area contributed by atoms with E-state index >= 15 is 0 Å². The smallest absolute Gasteiger partial charge is 0.234 e. The van der Waals surface area contributed by atoms with Gasteiger partial charge in [0.05, 0.1) is 6.54 Å². The SMILES string of the molecule is O=C1CN(CCC2CC2)CCCN1. The van der Waals surface area contributed by atoms with Gasteiger partial charge in [0.1, 0.15) is 0 Å². The average Bonchev–Trinajstić information content (AvgIpc) is 2.88. The number of nitrogens with one attached hydrogen (secondary N) is 1. The number of carbonyl (C=O) groups excluding carboxylic acids is 1. The van der Waals surface area contributed by atoms with Crippen molar-refractivity contribution in [1.82, 2.24) is 10.2 Å². The van der Waals surface area contributed by atoms with Crippen molar-refractivity contribution in [1.29, 1.82) is 0 Å². The van der Waals surface area contributed by atoms with E-state index in [1.165, 1.54) is 19.3 Å². The van der Waals surface area contributed by atoms with Crippen molar-refractivity contribution in [3.8, 4) is 0 Å². The van der Waals surface area contributed by atoms with Crippen LogP contribution in [0.3, 0.4) is 0 Å². The Morgan fingerprint density at radius 3 is 3.08 bits per heavy atom. The maximum atomic E-state index is 11.2. The van der Waals surface area contributed by atoms with Gasteiger partial charge in [-0.05, 0) is 25.3 Å². The molecule has 0 aromatic carbocycles. The lowest BCUT2D eigenvalue weighted by Gasteiger charge is -2.17. The minimum Gasteiger partial charge on any atom is -0.355 e. The molecule has 74 valence electrons. The van der Waals surface area contributed by atoms with E-state index in [1.807, 2.05) is 0 Å². The Hall–Kier alpha value is -0.570. The van der Waals surface area contributed by atoms with Gasteiger partial charge in [0.2, 0.25) is 5.91 Å². The molecule has 0 atom stereocenters. The molecule has 0 spiro atoms. The van der Waals surface area contributed by atoms with E-state index in [-0.39, 0.29) is 5.91 Å². The van der Waals surface area contributed by atoms with Crippen LogP contribution in [0.15, 0.2) is 0 Å². The Morgan fingerprint density at radius 2 is 2.31 bits per heavy atom. The Kier molecular flexibility index (Phi) is 2.83. The zero-order valence-electron chi connectivity index (χ0n) is 8.09. The first-order valence-corrected chi connectivity index (χ1v) is 5.33. The van der Waals surface area contributed by atoms with Crippen LogP contribution in [0.5, 0.6) is 0 Å². The normalized spacial score (nSPS) is 25.4. The van der Waals surface area contributed by atoms with Gasteiger partial charge in [0.15, 0.2) is 0 Å². The van der Waals surface area contributed by atoms with Gasteiger partial charge in [0.25, 0.3) is 0 Å². The zero-order chi connectivity index (χ0) is 9.10. The maximum absolute atomic E-state index is 11.2. The highest BCUT2D eigenvalue weighted by Gasteiger charge is 2.22. The van der Waals surface area contributed by atoms with E-state index in [1.54, 1.807) is 0 Å². The van der Waals surface area contributed by atoms with Crippen molar-refractivity contribution >= 4 is 5.91 Å². The first kappa shape index (κ1) is 9.00. The molecular weight excluding hydrogens is 164 g/mol. The second-order valence-electron chi connectivity index (χ2n) is 4.21. The summed E-state index contributed by atoms with van der Waals surface area (Å²) in [5.74, 6) is 1.18. The summed E-state index contributed by atoms with van der Waals surface area (Å²) < 4.78 is 0. The number of hydrogen-bond donors (Lipinski definition) is 1. The largest absolute Gasteiger partial charge is 0.355 e. The zero-order valence-corrected chi connectivity index (χ0v) is 8.09. The Labute approximate surface area is 79.5 Å². The molecule has 1 heterocycles. The first-order chi connectivity index (χ1) is 6.34. The van der Waals surface area contributed by atoms with E-state index in [0.717, 1.165) is 32.0 Å². The van der Waals surface area contributed by atoms with Crippen LogP contribution in [0, 0.1) is 5.92 Å². The van der Waals surface area contributed by atoms with Crippen molar-refractivity contribution in [2.24, 2.45) is 5.92 Å². The fraction of sp³-hybridized carbons (Fsp3) is 0.900. The van der Waals surface area contributed by atoms with Gasteiger partial charge in [-0.25, -0.2) is 0 Å². The Balaban J connectivity index is 1.71. The van der Waals surface area contributed by atoms with E-state index in [9.17, 15) is 4.79 Å². The van der Waals surface area contributed by atoms with E-state index in [4.69, 9.17) is 0 Å². The van der Waals surface area contributed by atoms with E-state index < -0.39 is 0 Å². The molecule has 3 nitrogen and oxygen atoms in total. The summed E-state index contributed by atoms with van der Waals surface area (Å²) in [5, 5.41) is 2.90. The molecule has 1 aliphatic heterocycles. The van der Waals surface area contributed by atoms with Crippen molar-refractivity contribution < 1.29 is 4.79 Å². The molecule has 1 aliphatic carbocycles. The van der Waals surface area contributed by atoms with Crippen molar-refractivity contribution in [3.05, 3.63) is 0 Å². The van der Waals surface area contributed by atoms with Crippen molar-refractivity contribution in [2.45, 2.75) is 25.7 Å². The quantitative estimate of drug-likeness (QED) is 0.693. The number of nitrogens with zero attached hydrogens (tertiary/aromatic N) is 1. The molecule has 0 unspecified atom stereocenters. The Bertz CT molecular complexity index is 189. The molecule has 1 saturated carbocycles. The molecule has 1 saturated heterocycles. The minimum absolute atomic E-state index is 0.202. The van der Waals surface area contributed by atoms with Crippen LogP contribution in [-0.2, 0) is 4.79 Å². The third kappa shape index (κ3) is 2.99. The van der Waals surface area contributed by atoms with Crippen LogP contribution in [0.25, 0.3) is 0 Å². The molecule has 2 fully saturated rings. The topological polar surface area (TPSA) is 32.3 Å². The molecule has 1 N–H and O–H groups in total. The maximum Gasteiger partial charge on any atom is 0.234 e. The third-order valence-electron chi connectivity index (χ3n) is 2.89. The highest BCUT2D eigenvalue weighted by molar-refractivity contribution is 5.78. The predicted octanol–water partition coefficient (Wildman–Crippen LogP) is 0.608. The van der Waals surface area contributed by atoms with Crippen LogP contribution >= 0.6 is 0 Å². The molecule has 0 radical (unpaired) electrons. The summed E-state index contributed by atoms with van der Waals surface area (Å²) in [6, 6.07) is 0. The molecule has 13 heavy (non-hydrogen) atoms. The standard InChI is InChI=1S/C10H18N2O/c13-10-8-12(6-1-5-11-10)7-4-9-2-3-9/h9H,1-8H2,(H,11,13). The third-order valence-corrected chi connectivity index (χ3v) is 2.89. The molecule has 0 aromatic rings. The highest BCUT2D eigenvalue weighted by atomic mass is 16.2. The monoisotopic (exact) mass is 182 g/mol. The van der Waals surface area contributed by atoms with Crippen LogP contribution in [0.1, 0.15) is 25.7 Å². The molecular formula is C10H18N2O. The lowest BCUT2D eigenvalue weighted by Crippen LogP contribution is -2.33. The van der Waals surface area contributed by atoms with Crippen molar-refractivity contribution in [3.63, 3.8) is 0 Å². The molecule has 2 rings (SSSR count). The second kappa shape index (κ2) is 4.09. The van der Waals surface area contributed by atoms with Gasteiger partial charge in [0, 0.05) is 13.1 Å². The summed E-state index contributed by atoms with van der Waals surface area (Å²) >= 11 is 0. The summed E-state index contributed by atoms with van der Waals surface area (Å²) in [6.45, 7) is 3.69. The minimum atomic E-state index is 0.202. The highest BCUT2D eigenvalue weighted by Crippen LogP contribution is 2.32. The number of amides is 1. The lowest BCUT2D eigenvalue weighted by atomic mass is 10.2. The van der Waals surface area contributed by atoms with Gasteiger partial charge < -0.3 is 5.32 Å². The van der Waals surface area contributed by atoms with Crippen LogP contribution < -0.4 is 5.32 Å². The Morgan fingerprint density at radius 1 is 1.46 bits per heavy atom. The summed E-state index contributed by atoms with van der Waals surface area (Å²) in [5.41, 5.74) is 0. The van der Waals surface area contributed by atoms with Gasteiger partial charge in [-0.1, -0.05) is 12.8 Å². The molecule has 0 bridgehead atoms. The van der Waals surface area contributed by atoms with Crippen molar-refractivity contribution in [2.75, 3.05) is 26.2 Å². The molecule has 2 aliphatic rings. The summed E-state index contributed by atoms with van der Waals surface area (Å²) in [7, 11) is 0. The van der Waals surface area contributed by atoms with Crippen LogP contribution in [0.2, 0.25) is 0 Å². The van der Waals surface area contributed by atoms with E-state index in [2.05, 4.69) is 10.2 Å². The molecule has 3 heteroatoms. The van der Waals surface area contributed by atoms with Gasteiger partial charge in [-0.3, -0.25) is 9.69 Å². The van der Waals surface area contributed by atoms with Gasteiger partial charge in [-0.15, -0.1) is 0 Å². The predicted molar refractivity (Wildman–Crippen MR) is 51.4 cm³/mol. The summed E-state index contributed by atoms with van der Waals surface area (Å²) in [6.07, 6.45) is 5.24. The summed E-state index contributed by atoms with van der Waals surface area (Å²) in [4.78, 5) is 13.5. The number of carbonyl (C=O) groups is 1. The molecule has 0 aromatic heterocycles. The molecule has 1 amide bonds. The van der Waals surface area contributed by atoms with Crippen LogP contribution in [-0.4, -0.2) is 37.0 Å². The van der Waals surface area contributed by atoms with Gasteiger partial charge in [-0.2, -0.15) is 0 Å². The fourth-order valence-electron chi connectivity index (χ4n) is 1.83. The average molecular weight is 182 g/mol. The second-order valence-corrected chi connectivity index (χ2v) is 4.21. The van der Waals surface area contributed by atoms with Crippen LogP contribution in [0.4, 0.5) is 0 Å². The van der Waals surface area contributed by atoms with Gasteiger partial charge >= 0.3 is 0 Å². The fourth-order valence-corrected chi connectivity index (χ4v) is 1.83.